The van der Waals surface area contributed by atoms with E-state index < -0.39 is 0 Å². The number of rotatable bonds is 1. The summed E-state index contributed by atoms with van der Waals surface area (Å²) in [5, 5.41) is 8.00. The van der Waals surface area contributed by atoms with Gasteiger partial charge in [0.1, 0.15) is 0 Å². The third-order valence-electron chi connectivity index (χ3n) is 2.36. The summed E-state index contributed by atoms with van der Waals surface area (Å²) in [7, 11) is 0. The molecule has 0 spiro atoms. The van der Waals surface area contributed by atoms with Crippen LogP contribution in [-0.4, -0.2) is 10.2 Å². The zero-order chi connectivity index (χ0) is 11.7. The molecule has 17 heavy (non-hydrogen) atoms. The van der Waals surface area contributed by atoms with Crippen molar-refractivity contribution in [2.45, 2.75) is 6.92 Å². The molecule has 0 unspecified atom stereocenters. The fraction of sp³-hybridized carbons (Fsp3) is 0.0769. The smallest absolute Gasteiger partial charge is 0.282 e. The number of ether oxygens (including phenoxy) is 2. The van der Waals surface area contributed by atoms with Gasteiger partial charge in [-0.1, -0.05) is 18.2 Å². The molecule has 1 aromatic carbocycles. The average Bonchev–Trinajstić information content (AvgIpc) is 2.36. The summed E-state index contributed by atoms with van der Waals surface area (Å²) in [5.41, 5.74) is 0.745. The van der Waals surface area contributed by atoms with E-state index in [4.69, 9.17) is 9.47 Å². The summed E-state index contributed by atoms with van der Waals surface area (Å²) in [5.74, 6) is 2.34. The van der Waals surface area contributed by atoms with E-state index in [0.29, 0.717) is 23.1 Å². The van der Waals surface area contributed by atoms with Crippen LogP contribution in [-0.2, 0) is 0 Å². The van der Waals surface area contributed by atoms with Gasteiger partial charge in [0, 0.05) is 6.07 Å². The minimum Gasteiger partial charge on any atom is -0.448 e. The molecule has 0 saturated heterocycles. The summed E-state index contributed by atoms with van der Waals surface area (Å²) in [6.45, 7) is 1.92. The van der Waals surface area contributed by atoms with Crippen LogP contribution in [0.5, 0.6) is 23.1 Å². The molecule has 1 aliphatic heterocycles. The highest BCUT2D eigenvalue weighted by molar-refractivity contribution is 5.54. The first-order valence-electron chi connectivity index (χ1n) is 5.32. The highest BCUT2D eigenvalue weighted by Crippen LogP contribution is 2.43. The molecule has 0 bridgehead atoms. The molecule has 2 aromatic rings. The van der Waals surface area contributed by atoms with Gasteiger partial charge in [-0.15, -0.1) is 10.2 Å². The van der Waals surface area contributed by atoms with E-state index in [1.807, 2.05) is 43.3 Å². The Morgan fingerprint density at radius 1 is 1.00 bits per heavy atom. The zero-order valence-corrected chi connectivity index (χ0v) is 9.25. The van der Waals surface area contributed by atoms with Crippen molar-refractivity contribution in [2.75, 3.05) is 0 Å². The summed E-state index contributed by atoms with van der Waals surface area (Å²) >= 11 is 0. The largest absolute Gasteiger partial charge is 0.448 e. The van der Waals surface area contributed by atoms with Crippen molar-refractivity contribution < 1.29 is 9.47 Å². The van der Waals surface area contributed by atoms with Crippen molar-refractivity contribution >= 4 is 6.08 Å². The maximum atomic E-state index is 5.70. The Kier molecular flexibility index (Phi) is 2.26. The molecular weight excluding hydrogens is 216 g/mol. The van der Waals surface area contributed by atoms with Gasteiger partial charge >= 0.3 is 0 Å². The molecule has 0 amide bonds. The van der Waals surface area contributed by atoms with Crippen LogP contribution >= 0.6 is 0 Å². The second kappa shape index (κ2) is 3.90. The van der Waals surface area contributed by atoms with Gasteiger partial charge in [-0.25, -0.2) is 0 Å². The third-order valence-corrected chi connectivity index (χ3v) is 2.36. The summed E-state index contributed by atoms with van der Waals surface area (Å²) < 4.78 is 11.3. The number of hydrogen-bond acceptors (Lipinski definition) is 4. The van der Waals surface area contributed by atoms with E-state index in [9.17, 15) is 0 Å². The van der Waals surface area contributed by atoms with Crippen molar-refractivity contribution in [1.29, 1.82) is 0 Å². The normalized spacial score (nSPS) is 12.5. The van der Waals surface area contributed by atoms with Crippen molar-refractivity contribution in [1.82, 2.24) is 10.2 Å². The lowest BCUT2D eigenvalue weighted by atomic mass is 10.3. The Labute approximate surface area is 98.5 Å². The number of fused-ring (bicyclic) bond motifs is 2. The minimum atomic E-state index is 0.400. The number of hydrogen-bond donors (Lipinski definition) is 0. The second-order valence-electron chi connectivity index (χ2n) is 3.59. The van der Waals surface area contributed by atoms with Crippen LogP contribution < -0.4 is 9.47 Å². The van der Waals surface area contributed by atoms with Crippen LogP contribution in [0.25, 0.3) is 6.08 Å². The summed E-state index contributed by atoms with van der Waals surface area (Å²) in [6.07, 6.45) is 3.76. The summed E-state index contributed by atoms with van der Waals surface area (Å²) in [4.78, 5) is 0. The molecule has 3 rings (SSSR count). The second-order valence-corrected chi connectivity index (χ2v) is 3.59. The molecule has 4 heteroatoms. The Morgan fingerprint density at radius 3 is 2.53 bits per heavy atom. The Morgan fingerprint density at radius 2 is 1.76 bits per heavy atom. The van der Waals surface area contributed by atoms with Crippen molar-refractivity contribution in [2.24, 2.45) is 0 Å². The van der Waals surface area contributed by atoms with Gasteiger partial charge in [-0.2, -0.15) is 0 Å². The van der Waals surface area contributed by atoms with Crippen molar-refractivity contribution in [3.8, 4) is 23.1 Å². The number of allylic oxidation sites excluding steroid dienone is 1. The maximum absolute atomic E-state index is 5.70. The molecular formula is C13H10N2O2. The van der Waals surface area contributed by atoms with Crippen LogP contribution in [0.4, 0.5) is 0 Å². The Hall–Kier alpha value is -2.36. The van der Waals surface area contributed by atoms with E-state index in [2.05, 4.69) is 10.2 Å². The molecule has 0 fully saturated rings. The average molecular weight is 226 g/mol. The van der Waals surface area contributed by atoms with Crippen molar-refractivity contribution in [3.63, 3.8) is 0 Å². The number of para-hydroxylation sites is 2. The van der Waals surface area contributed by atoms with Crippen LogP contribution in [0.3, 0.4) is 0 Å². The fourth-order valence-electron chi connectivity index (χ4n) is 1.61. The Balaban J connectivity index is 2.03. The molecule has 1 aromatic heterocycles. The lowest BCUT2D eigenvalue weighted by Gasteiger charge is -2.18. The van der Waals surface area contributed by atoms with Gasteiger partial charge in [0.25, 0.3) is 5.88 Å². The van der Waals surface area contributed by atoms with E-state index in [1.54, 1.807) is 6.07 Å². The first kappa shape index (κ1) is 9.84. The van der Waals surface area contributed by atoms with E-state index >= 15 is 0 Å². The third kappa shape index (κ3) is 1.73. The van der Waals surface area contributed by atoms with Gasteiger partial charge in [-0.3, -0.25) is 0 Å². The van der Waals surface area contributed by atoms with E-state index in [0.717, 1.165) is 5.69 Å². The molecule has 0 N–H and O–H groups in total. The highest BCUT2D eigenvalue weighted by Gasteiger charge is 2.19. The topological polar surface area (TPSA) is 44.2 Å². The SMILES string of the molecule is C/C=C/c1cc2c(nn1)Oc1ccccc1O2. The van der Waals surface area contributed by atoms with Crippen molar-refractivity contribution in [3.05, 3.63) is 42.1 Å². The number of aromatic nitrogens is 2. The van der Waals surface area contributed by atoms with Gasteiger partial charge < -0.3 is 9.47 Å². The molecule has 2 heterocycles. The first-order valence-corrected chi connectivity index (χ1v) is 5.32. The van der Waals surface area contributed by atoms with E-state index in [1.165, 1.54) is 0 Å². The number of benzene rings is 1. The molecule has 1 aliphatic rings. The maximum Gasteiger partial charge on any atom is 0.282 e. The van der Waals surface area contributed by atoms with Crippen LogP contribution in [0, 0.1) is 0 Å². The van der Waals surface area contributed by atoms with Crippen LogP contribution in [0.2, 0.25) is 0 Å². The predicted octanol–water partition coefficient (Wildman–Crippen LogP) is 3.41. The van der Waals surface area contributed by atoms with E-state index in [-0.39, 0.29) is 0 Å². The fourth-order valence-corrected chi connectivity index (χ4v) is 1.61. The quantitative estimate of drug-likeness (QED) is 0.637. The number of nitrogens with zero attached hydrogens (tertiary/aromatic N) is 2. The molecule has 84 valence electrons. The standard InChI is InChI=1S/C13H10N2O2/c1-2-5-9-8-12-13(15-14-9)17-11-7-4-3-6-10(11)16-12/h2-8H,1H3/b5-2+. The van der Waals surface area contributed by atoms with Gasteiger partial charge in [0.05, 0.1) is 5.69 Å². The minimum absolute atomic E-state index is 0.400. The predicted molar refractivity (Wildman–Crippen MR) is 63.3 cm³/mol. The van der Waals surface area contributed by atoms with Crippen LogP contribution in [0.1, 0.15) is 12.6 Å². The van der Waals surface area contributed by atoms with Gasteiger partial charge in [-0.05, 0) is 25.1 Å². The molecule has 4 nitrogen and oxygen atoms in total. The lowest BCUT2D eigenvalue weighted by Crippen LogP contribution is -2.02. The highest BCUT2D eigenvalue weighted by atomic mass is 16.6. The molecule has 0 radical (unpaired) electrons. The van der Waals surface area contributed by atoms with Gasteiger partial charge in [0.15, 0.2) is 17.2 Å². The Bertz CT molecular complexity index is 594. The molecule has 0 saturated carbocycles. The summed E-state index contributed by atoms with van der Waals surface area (Å²) in [6, 6.07) is 9.27. The van der Waals surface area contributed by atoms with Gasteiger partial charge in [0.2, 0.25) is 0 Å². The first-order chi connectivity index (χ1) is 8.36. The van der Waals surface area contributed by atoms with Crippen LogP contribution in [0.15, 0.2) is 36.4 Å². The lowest BCUT2D eigenvalue weighted by molar-refractivity contribution is 0.343. The molecule has 0 atom stereocenters. The monoisotopic (exact) mass is 226 g/mol. The zero-order valence-electron chi connectivity index (χ0n) is 9.25. The molecule has 0 aliphatic carbocycles.